The van der Waals surface area contributed by atoms with Crippen LogP contribution < -0.4 is 11.1 Å². The first-order valence-corrected chi connectivity index (χ1v) is 6.96. The number of hydrogen-bond donors (Lipinski definition) is 2. The average molecular weight is 328 g/mol. The van der Waals surface area contributed by atoms with Crippen molar-refractivity contribution in [2.75, 3.05) is 6.61 Å². The predicted octanol–water partition coefficient (Wildman–Crippen LogP) is 1.14. The molecule has 0 aliphatic heterocycles. The van der Waals surface area contributed by atoms with Gasteiger partial charge in [-0.3, -0.25) is 14.4 Å². The number of hydrogen-bond acceptors (Lipinski definition) is 4. The Labute approximate surface area is 132 Å². The van der Waals surface area contributed by atoms with E-state index in [-0.39, 0.29) is 18.6 Å². The van der Waals surface area contributed by atoms with Crippen LogP contribution in [0, 0.1) is 17.6 Å². The molecule has 0 saturated carbocycles. The van der Waals surface area contributed by atoms with Gasteiger partial charge in [0.05, 0.1) is 13.0 Å². The maximum atomic E-state index is 13.1. The molecule has 3 N–H and O–H groups in total. The maximum Gasteiger partial charge on any atom is 0.306 e. The second-order valence-corrected chi connectivity index (χ2v) is 5.00. The summed E-state index contributed by atoms with van der Waals surface area (Å²) in [5, 5.41) is 2.28. The second-order valence-electron chi connectivity index (χ2n) is 5.00. The molecule has 23 heavy (non-hydrogen) atoms. The van der Waals surface area contributed by atoms with E-state index in [0.717, 1.165) is 12.1 Å². The number of carbonyl (C=O) groups excluding carboxylic acids is 3. The van der Waals surface area contributed by atoms with Gasteiger partial charge in [0.25, 0.3) is 5.91 Å². The largest absolute Gasteiger partial charge is 0.466 e. The fraction of sp³-hybridized carbons (Fsp3) is 0.400. The number of primary amides is 1. The monoisotopic (exact) mass is 328 g/mol. The van der Waals surface area contributed by atoms with Crippen LogP contribution in [0.3, 0.4) is 0 Å². The van der Waals surface area contributed by atoms with Gasteiger partial charge in [0.15, 0.2) is 0 Å². The SMILES string of the molecule is CCOC(=O)C[C@H](C)[C@@H](NC(=O)c1cc(F)cc(F)c1)C(N)=O. The number of esters is 1. The van der Waals surface area contributed by atoms with Crippen molar-refractivity contribution in [3.05, 3.63) is 35.4 Å². The number of benzene rings is 1. The van der Waals surface area contributed by atoms with Crippen LogP contribution in [0.4, 0.5) is 8.78 Å². The number of halogens is 2. The molecule has 0 fully saturated rings. The molecular weight excluding hydrogens is 310 g/mol. The van der Waals surface area contributed by atoms with E-state index in [1.165, 1.54) is 6.92 Å². The summed E-state index contributed by atoms with van der Waals surface area (Å²) >= 11 is 0. The smallest absolute Gasteiger partial charge is 0.306 e. The summed E-state index contributed by atoms with van der Waals surface area (Å²) in [4.78, 5) is 34.9. The minimum Gasteiger partial charge on any atom is -0.466 e. The van der Waals surface area contributed by atoms with Crippen LogP contribution in [0.5, 0.6) is 0 Å². The standard InChI is InChI=1S/C15H18F2N2O4/c1-3-23-12(20)4-8(2)13(14(18)21)19-15(22)9-5-10(16)7-11(17)6-9/h5-8,13H,3-4H2,1-2H3,(H2,18,21)(H,19,22)/t8-,13+/m0/s1. The molecule has 2 atom stereocenters. The minimum absolute atomic E-state index is 0.140. The van der Waals surface area contributed by atoms with Crippen LogP contribution in [0.2, 0.25) is 0 Å². The minimum atomic E-state index is -1.18. The molecule has 2 amide bonds. The third-order valence-electron chi connectivity index (χ3n) is 3.08. The van der Waals surface area contributed by atoms with Gasteiger partial charge >= 0.3 is 5.97 Å². The molecule has 1 aromatic rings. The van der Waals surface area contributed by atoms with E-state index >= 15 is 0 Å². The Hall–Kier alpha value is -2.51. The van der Waals surface area contributed by atoms with Crippen molar-refractivity contribution in [3.8, 4) is 0 Å². The Bertz CT molecular complexity index is 587. The fourth-order valence-electron chi connectivity index (χ4n) is 2.00. The molecule has 0 spiro atoms. The van der Waals surface area contributed by atoms with Gasteiger partial charge < -0.3 is 15.8 Å². The Morgan fingerprint density at radius 1 is 1.22 bits per heavy atom. The number of rotatable bonds is 7. The molecule has 0 unspecified atom stereocenters. The molecule has 0 aliphatic rings. The number of nitrogens with one attached hydrogen (secondary N) is 1. The molecular formula is C15H18F2N2O4. The molecule has 6 nitrogen and oxygen atoms in total. The summed E-state index contributed by atoms with van der Waals surface area (Å²) in [6.45, 7) is 3.34. The van der Waals surface area contributed by atoms with Gasteiger partial charge in [-0.05, 0) is 25.0 Å². The van der Waals surface area contributed by atoms with Crippen LogP contribution in [-0.2, 0) is 14.3 Å². The lowest BCUT2D eigenvalue weighted by Crippen LogP contribution is -2.49. The molecule has 0 saturated heterocycles. The van der Waals surface area contributed by atoms with Gasteiger partial charge in [-0.1, -0.05) is 6.92 Å². The Kier molecular flexibility index (Phi) is 6.62. The zero-order valence-corrected chi connectivity index (χ0v) is 12.8. The zero-order chi connectivity index (χ0) is 17.6. The molecule has 126 valence electrons. The van der Waals surface area contributed by atoms with Gasteiger partial charge in [0.2, 0.25) is 5.91 Å². The van der Waals surface area contributed by atoms with E-state index in [0.29, 0.717) is 6.07 Å². The van der Waals surface area contributed by atoms with Crippen molar-refractivity contribution in [1.82, 2.24) is 5.32 Å². The van der Waals surface area contributed by atoms with Gasteiger partial charge in [-0.15, -0.1) is 0 Å². The van der Waals surface area contributed by atoms with Gasteiger partial charge in [-0.2, -0.15) is 0 Å². The lowest BCUT2D eigenvalue weighted by Gasteiger charge is -2.21. The third-order valence-corrected chi connectivity index (χ3v) is 3.08. The first kappa shape index (κ1) is 18.5. The number of ether oxygens (including phenoxy) is 1. The van der Waals surface area contributed by atoms with E-state index in [4.69, 9.17) is 10.5 Å². The van der Waals surface area contributed by atoms with Crippen molar-refractivity contribution >= 4 is 17.8 Å². The molecule has 8 heteroatoms. The van der Waals surface area contributed by atoms with E-state index < -0.39 is 41.4 Å². The summed E-state index contributed by atoms with van der Waals surface area (Å²) in [6.07, 6.45) is -0.140. The first-order chi connectivity index (χ1) is 10.7. The summed E-state index contributed by atoms with van der Waals surface area (Å²) in [5.74, 6) is -4.78. The van der Waals surface area contributed by atoms with Gasteiger partial charge in [0, 0.05) is 11.6 Å². The highest BCUT2D eigenvalue weighted by Gasteiger charge is 2.27. The Morgan fingerprint density at radius 2 is 1.78 bits per heavy atom. The van der Waals surface area contributed by atoms with Crippen LogP contribution in [0.1, 0.15) is 30.6 Å². The quantitative estimate of drug-likeness (QED) is 0.733. The number of carbonyl (C=O) groups is 3. The lowest BCUT2D eigenvalue weighted by atomic mass is 9.97. The third kappa shape index (κ3) is 5.65. The summed E-state index contributed by atoms with van der Waals surface area (Å²) in [7, 11) is 0. The van der Waals surface area contributed by atoms with Crippen LogP contribution >= 0.6 is 0 Å². The summed E-state index contributed by atoms with van der Waals surface area (Å²) in [6, 6.07) is 1.09. The number of amides is 2. The highest BCUT2D eigenvalue weighted by Crippen LogP contribution is 2.12. The van der Waals surface area contributed by atoms with E-state index in [1.807, 2.05) is 0 Å². The van der Waals surface area contributed by atoms with Gasteiger partial charge in [0.1, 0.15) is 17.7 Å². The zero-order valence-electron chi connectivity index (χ0n) is 12.8. The number of nitrogens with two attached hydrogens (primary N) is 1. The molecule has 0 bridgehead atoms. The Morgan fingerprint density at radius 3 is 2.26 bits per heavy atom. The second kappa shape index (κ2) is 8.21. The van der Waals surface area contributed by atoms with E-state index in [1.54, 1.807) is 6.92 Å². The highest BCUT2D eigenvalue weighted by molar-refractivity contribution is 5.97. The molecule has 0 heterocycles. The normalized spacial score (nSPS) is 13.0. The molecule has 0 radical (unpaired) electrons. The predicted molar refractivity (Wildman–Crippen MR) is 77.2 cm³/mol. The fourth-order valence-corrected chi connectivity index (χ4v) is 2.00. The van der Waals surface area contributed by atoms with Crippen molar-refractivity contribution in [1.29, 1.82) is 0 Å². The highest BCUT2D eigenvalue weighted by atomic mass is 19.1. The van der Waals surface area contributed by atoms with Crippen molar-refractivity contribution < 1.29 is 27.9 Å². The molecule has 1 rings (SSSR count). The summed E-state index contributed by atoms with van der Waals surface area (Å²) < 4.78 is 31.0. The van der Waals surface area contributed by atoms with Crippen LogP contribution in [-0.4, -0.2) is 30.4 Å². The van der Waals surface area contributed by atoms with Crippen molar-refractivity contribution in [3.63, 3.8) is 0 Å². The first-order valence-electron chi connectivity index (χ1n) is 6.96. The Balaban J connectivity index is 2.84. The summed E-state index contributed by atoms with van der Waals surface area (Å²) in [5.41, 5.74) is 4.93. The van der Waals surface area contributed by atoms with E-state index in [9.17, 15) is 23.2 Å². The van der Waals surface area contributed by atoms with Crippen molar-refractivity contribution in [2.24, 2.45) is 11.7 Å². The van der Waals surface area contributed by atoms with Crippen molar-refractivity contribution in [2.45, 2.75) is 26.3 Å². The molecule has 0 aliphatic carbocycles. The average Bonchev–Trinajstić information content (AvgIpc) is 2.42. The van der Waals surface area contributed by atoms with Gasteiger partial charge in [-0.25, -0.2) is 8.78 Å². The van der Waals surface area contributed by atoms with Crippen LogP contribution in [0.25, 0.3) is 0 Å². The van der Waals surface area contributed by atoms with E-state index in [2.05, 4.69) is 5.32 Å². The van der Waals surface area contributed by atoms with Crippen LogP contribution in [0.15, 0.2) is 18.2 Å². The maximum absolute atomic E-state index is 13.1. The molecule has 0 aromatic heterocycles. The topological polar surface area (TPSA) is 98.5 Å². The lowest BCUT2D eigenvalue weighted by molar-refractivity contribution is -0.144. The molecule has 1 aromatic carbocycles.